The van der Waals surface area contributed by atoms with E-state index in [1.807, 2.05) is 0 Å². The number of aromatic amines is 1. The zero-order valence-corrected chi connectivity index (χ0v) is 6.77. The maximum atomic E-state index is 5.75. The maximum Gasteiger partial charge on any atom is 0.188 e. The van der Waals surface area contributed by atoms with Crippen LogP contribution in [0.15, 0.2) is 0 Å². The zero-order chi connectivity index (χ0) is 8.39. The molecule has 1 aliphatic heterocycles. The second-order valence-electron chi connectivity index (χ2n) is 3.11. The Balaban J connectivity index is 1.88. The lowest BCUT2D eigenvalue weighted by molar-refractivity contribution is 0.318. The van der Waals surface area contributed by atoms with Gasteiger partial charge >= 0.3 is 0 Å². The van der Waals surface area contributed by atoms with Crippen molar-refractivity contribution >= 4 is 0 Å². The van der Waals surface area contributed by atoms with Crippen LogP contribution in [-0.2, 0) is 6.54 Å². The summed E-state index contributed by atoms with van der Waals surface area (Å²) in [5, 5.41) is 13.7. The number of H-pyrrole nitrogens is 1. The number of rotatable bonds is 2. The van der Waals surface area contributed by atoms with E-state index < -0.39 is 0 Å². The van der Waals surface area contributed by atoms with Gasteiger partial charge in [-0.25, -0.2) is 0 Å². The van der Waals surface area contributed by atoms with Gasteiger partial charge in [0.15, 0.2) is 5.82 Å². The van der Waals surface area contributed by atoms with Gasteiger partial charge in [0.1, 0.15) is 0 Å². The fourth-order valence-electron chi connectivity index (χ4n) is 1.46. The van der Waals surface area contributed by atoms with E-state index in [0.29, 0.717) is 6.04 Å². The van der Waals surface area contributed by atoms with E-state index in [-0.39, 0.29) is 0 Å². The molecule has 6 heteroatoms. The Morgan fingerprint density at radius 2 is 2.58 bits per heavy atom. The van der Waals surface area contributed by atoms with E-state index in [1.165, 1.54) is 0 Å². The maximum absolute atomic E-state index is 5.75. The van der Waals surface area contributed by atoms with Gasteiger partial charge in [0.25, 0.3) is 0 Å². The Morgan fingerprint density at radius 3 is 3.17 bits per heavy atom. The van der Waals surface area contributed by atoms with Crippen molar-refractivity contribution in [2.24, 2.45) is 5.73 Å². The van der Waals surface area contributed by atoms with E-state index in [1.54, 1.807) is 0 Å². The molecule has 66 valence electrons. The smallest absolute Gasteiger partial charge is 0.188 e. The molecule has 0 aliphatic carbocycles. The summed E-state index contributed by atoms with van der Waals surface area (Å²) in [5.74, 6) is 0.740. The van der Waals surface area contributed by atoms with Crippen molar-refractivity contribution in [3.05, 3.63) is 5.82 Å². The van der Waals surface area contributed by atoms with E-state index in [2.05, 4.69) is 25.5 Å². The van der Waals surface area contributed by atoms with Gasteiger partial charge in [-0.15, -0.1) is 10.2 Å². The molecule has 0 unspecified atom stereocenters. The number of nitrogens with one attached hydrogen (secondary N) is 1. The van der Waals surface area contributed by atoms with Gasteiger partial charge in [-0.2, -0.15) is 5.21 Å². The number of nitrogens with zero attached hydrogens (tertiary/aromatic N) is 4. The summed E-state index contributed by atoms with van der Waals surface area (Å²) in [5.41, 5.74) is 5.75. The second kappa shape index (κ2) is 3.16. The Labute approximate surface area is 70.1 Å². The summed E-state index contributed by atoms with van der Waals surface area (Å²) < 4.78 is 0. The highest BCUT2D eigenvalue weighted by molar-refractivity contribution is 4.83. The third-order valence-corrected chi connectivity index (χ3v) is 2.06. The Kier molecular flexibility index (Phi) is 2.01. The Morgan fingerprint density at radius 1 is 1.67 bits per heavy atom. The first kappa shape index (κ1) is 7.63. The molecule has 0 bridgehead atoms. The first-order valence-corrected chi connectivity index (χ1v) is 4.05. The minimum Gasteiger partial charge on any atom is -0.326 e. The summed E-state index contributed by atoms with van der Waals surface area (Å²) in [7, 11) is 0. The van der Waals surface area contributed by atoms with Crippen LogP contribution in [-0.4, -0.2) is 44.7 Å². The van der Waals surface area contributed by atoms with Crippen LogP contribution in [0.2, 0.25) is 0 Å². The van der Waals surface area contributed by atoms with Crippen LogP contribution in [0.1, 0.15) is 12.2 Å². The summed E-state index contributed by atoms with van der Waals surface area (Å²) in [6.45, 7) is 2.73. The molecule has 0 aromatic carbocycles. The topological polar surface area (TPSA) is 83.7 Å². The van der Waals surface area contributed by atoms with Gasteiger partial charge in [0.2, 0.25) is 0 Å². The molecule has 1 aromatic heterocycles. The number of nitrogens with two attached hydrogens (primary N) is 1. The van der Waals surface area contributed by atoms with E-state index in [9.17, 15) is 0 Å². The second-order valence-corrected chi connectivity index (χ2v) is 3.11. The average molecular weight is 168 g/mol. The van der Waals surface area contributed by atoms with Crippen molar-refractivity contribution in [3.8, 4) is 0 Å². The molecule has 12 heavy (non-hydrogen) atoms. The van der Waals surface area contributed by atoms with Gasteiger partial charge in [-0.3, -0.25) is 4.90 Å². The highest BCUT2D eigenvalue weighted by Crippen LogP contribution is 2.08. The average Bonchev–Trinajstić information content (AvgIpc) is 2.63. The van der Waals surface area contributed by atoms with Gasteiger partial charge in [-0.05, 0) is 6.42 Å². The van der Waals surface area contributed by atoms with Crippen molar-refractivity contribution in [1.82, 2.24) is 25.5 Å². The fourth-order valence-corrected chi connectivity index (χ4v) is 1.46. The SMILES string of the molecule is N[C@@H]1CCN(Cc2nn[nH]n2)C1. The van der Waals surface area contributed by atoms with E-state index >= 15 is 0 Å². The molecule has 0 saturated carbocycles. The number of hydrogen-bond donors (Lipinski definition) is 2. The first-order valence-electron chi connectivity index (χ1n) is 4.05. The molecule has 0 radical (unpaired) electrons. The molecular weight excluding hydrogens is 156 g/mol. The minimum absolute atomic E-state index is 0.317. The number of aromatic nitrogens is 4. The molecule has 1 atom stereocenters. The summed E-state index contributed by atoms with van der Waals surface area (Å²) in [6, 6.07) is 0.317. The van der Waals surface area contributed by atoms with Gasteiger partial charge in [-0.1, -0.05) is 5.21 Å². The molecule has 1 fully saturated rings. The van der Waals surface area contributed by atoms with Crippen molar-refractivity contribution in [1.29, 1.82) is 0 Å². The van der Waals surface area contributed by atoms with Crippen molar-refractivity contribution < 1.29 is 0 Å². The fraction of sp³-hybridized carbons (Fsp3) is 0.833. The van der Waals surface area contributed by atoms with Crippen LogP contribution in [0.3, 0.4) is 0 Å². The van der Waals surface area contributed by atoms with Crippen LogP contribution >= 0.6 is 0 Å². The summed E-state index contributed by atoms with van der Waals surface area (Å²) >= 11 is 0. The standard InChI is InChI=1S/C6H12N6/c7-5-1-2-12(3-5)4-6-8-10-11-9-6/h5H,1-4,7H2,(H,8,9,10,11)/t5-/m1/s1. The number of tetrazole rings is 1. The predicted octanol–water partition coefficient (Wildman–Crippen LogP) is -1.27. The lowest BCUT2D eigenvalue weighted by Crippen LogP contribution is -2.26. The highest BCUT2D eigenvalue weighted by Gasteiger charge is 2.19. The largest absolute Gasteiger partial charge is 0.326 e. The quantitative estimate of drug-likeness (QED) is 0.575. The molecular formula is C6H12N6. The van der Waals surface area contributed by atoms with E-state index in [4.69, 9.17) is 5.73 Å². The Hall–Kier alpha value is -1.01. The van der Waals surface area contributed by atoms with Crippen LogP contribution in [0.4, 0.5) is 0 Å². The molecule has 0 spiro atoms. The molecule has 1 aromatic rings. The van der Waals surface area contributed by atoms with Gasteiger partial charge in [0, 0.05) is 19.1 Å². The van der Waals surface area contributed by atoms with Crippen LogP contribution < -0.4 is 5.73 Å². The van der Waals surface area contributed by atoms with Crippen molar-refractivity contribution in [2.45, 2.75) is 19.0 Å². The molecule has 3 N–H and O–H groups in total. The number of hydrogen-bond acceptors (Lipinski definition) is 5. The minimum atomic E-state index is 0.317. The van der Waals surface area contributed by atoms with Crippen LogP contribution in [0.5, 0.6) is 0 Å². The first-order chi connectivity index (χ1) is 5.84. The van der Waals surface area contributed by atoms with Crippen LogP contribution in [0.25, 0.3) is 0 Å². The normalized spacial score (nSPS) is 24.9. The monoisotopic (exact) mass is 168 g/mol. The lowest BCUT2D eigenvalue weighted by atomic mass is 10.3. The van der Waals surface area contributed by atoms with Crippen molar-refractivity contribution in [3.63, 3.8) is 0 Å². The van der Waals surface area contributed by atoms with E-state index in [0.717, 1.165) is 31.9 Å². The van der Waals surface area contributed by atoms with Gasteiger partial charge in [0.05, 0.1) is 6.54 Å². The summed E-state index contributed by atoms with van der Waals surface area (Å²) in [6.07, 6.45) is 1.07. The third-order valence-electron chi connectivity index (χ3n) is 2.06. The summed E-state index contributed by atoms with van der Waals surface area (Å²) in [4.78, 5) is 2.23. The highest BCUT2D eigenvalue weighted by atomic mass is 15.5. The van der Waals surface area contributed by atoms with Crippen molar-refractivity contribution in [2.75, 3.05) is 13.1 Å². The lowest BCUT2D eigenvalue weighted by Gasteiger charge is -2.11. The Bertz CT molecular complexity index is 232. The molecule has 0 amide bonds. The zero-order valence-electron chi connectivity index (χ0n) is 6.77. The third kappa shape index (κ3) is 1.59. The molecule has 6 nitrogen and oxygen atoms in total. The molecule has 1 aliphatic rings. The molecule has 2 heterocycles. The number of likely N-dealkylation sites (tertiary alicyclic amines) is 1. The van der Waals surface area contributed by atoms with Crippen LogP contribution in [0, 0.1) is 0 Å². The van der Waals surface area contributed by atoms with Gasteiger partial charge < -0.3 is 5.73 Å². The molecule has 2 rings (SSSR count). The predicted molar refractivity (Wildman–Crippen MR) is 42.0 cm³/mol. The molecule has 1 saturated heterocycles.